The Morgan fingerprint density at radius 3 is 2.42 bits per heavy atom. The van der Waals surface area contributed by atoms with E-state index >= 15 is 0 Å². The summed E-state index contributed by atoms with van der Waals surface area (Å²) < 4.78 is 10.2. The van der Waals surface area contributed by atoms with Gasteiger partial charge in [-0.3, -0.25) is 15.0 Å². The normalized spacial score (nSPS) is 19.4. The molecule has 132 valence electrons. The second-order valence-electron chi connectivity index (χ2n) is 6.03. The van der Waals surface area contributed by atoms with Crippen LogP contribution in [0, 0.1) is 6.92 Å². The molecule has 2 saturated heterocycles. The fourth-order valence-electron chi connectivity index (χ4n) is 2.85. The number of piperazine rings is 1. The van der Waals surface area contributed by atoms with Crippen molar-refractivity contribution in [3.05, 3.63) is 11.8 Å². The summed E-state index contributed by atoms with van der Waals surface area (Å²) in [6.07, 6.45) is 0. The molecule has 0 spiro atoms. The first-order valence-electron chi connectivity index (χ1n) is 8.19. The van der Waals surface area contributed by atoms with E-state index in [-0.39, 0.29) is 18.5 Å². The van der Waals surface area contributed by atoms with Gasteiger partial charge >= 0.3 is 6.03 Å². The Morgan fingerprint density at radius 2 is 1.79 bits per heavy atom. The van der Waals surface area contributed by atoms with Crippen LogP contribution >= 0.6 is 0 Å². The van der Waals surface area contributed by atoms with Crippen LogP contribution < -0.4 is 5.32 Å². The van der Waals surface area contributed by atoms with Crippen LogP contribution in [0.15, 0.2) is 10.6 Å². The van der Waals surface area contributed by atoms with Crippen LogP contribution in [0.2, 0.25) is 0 Å². The van der Waals surface area contributed by atoms with Crippen LogP contribution in [-0.2, 0) is 9.53 Å². The fourth-order valence-corrected chi connectivity index (χ4v) is 2.85. The Kier molecular flexibility index (Phi) is 5.31. The number of aryl methyl sites for hydroxylation is 1. The Bertz CT molecular complexity index is 576. The predicted molar refractivity (Wildman–Crippen MR) is 85.7 cm³/mol. The minimum absolute atomic E-state index is 0.0690. The van der Waals surface area contributed by atoms with Gasteiger partial charge in [0.05, 0.1) is 25.5 Å². The molecule has 2 fully saturated rings. The molecule has 0 radical (unpaired) electrons. The van der Waals surface area contributed by atoms with Crippen LogP contribution in [0.4, 0.5) is 10.7 Å². The monoisotopic (exact) mass is 337 g/mol. The summed E-state index contributed by atoms with van der Waals surface area (Å²) in [4.78, 5) is 30.1. The van der Waals surface area contributed by atoms with Gasteiger partial charge in [-0.05, 0) is 6.92 Å². The van der Waals surface area contributed by atoms with Gasteiger partial charge in [0, 0.05) is 45.3 Å². The number of hydrogen-bond acceptors (Lipinski definition) is 6. The van der Waals surface area contributed by atoms with Gasteiger partial charge in [-0.15, -0.1) is 0 Å². The minimum atomic E-state index is -0.140. The van der Waals surface area contributed by atoms with Gasteiger partial charge in [0.15, 0.2) is 0 Å². The van der Waals surface area contributed by atoms with Crippen molar-refractivity contribution in [1.82, 2.24) is 19.9 Å². The molecule has 3 rings (SSSR count). The zero-order valence-corrected chi connectivity index (χ0v) is 13.9. The van der Waals surface area contributed by atoms with Crippen molar-refractivity contribution < 1.29 is 18.8 Å². The Hall–Kier alpha value is -2.13. The van der Waals surface area contributed by atoms with E-state index in [1.54, 1.807) is 13.0 Å². The lowest BCUT2D eigenvalue weighted by molar-refractivity contribution is -0.117. The topological polar surface area (TPSA) is 91.2 Å². The highest BCUT2D eigenvalue weighted by molar-refractivity contribution is 5.91. The molecule has 0 bridgehead atoms. The van der Waals surface area contributed by atoms with E-state index < -0.39 is 0 Å². The van der Waals surface area contributed by atoms with E-state index in [0.717, 1.165) is 5.69 Å². The number of aromatic nitrogens is 1. The Balaban J connectivity index is 1.41. The predicted octanol–water partition coefficient (Wildman–Crippen LogP) is -0.00868. The van der Waals surface area contributed by atoms with Crippen LogP contribution in [0.3, 0.4) is 0 Å². The first kappa shape index (κ1) is 16.7. The van der Waals surface area contributed by atoms with Gasteiger partial charge in [0.1, 0.15) is 0 Å². The maximum absolute atomic E-state index is 12.4. The van der Waals surface area contributed by atoms with Gasteiger partial charge < -0.3 is 19.1 Å². The van der Waals surface area contributed by atoms with Crippen LogP contribution in [0.1, 0.15) is 5.69 Å². The summed E-state index contributed by atoms with van der Waals surface area (Å²) in [5, 5.41) is 6.41. The highest BCUT2D eigenvalue weighted by Crippen LogP contribution is 2.10. The Labute approximate surface area is 140 Å². The van der Waals surface area contributed by atoms with Gasteiger partial charge in [-0.25, -0.2) is 4.79 Å². The van der Waals surface area contributed by atoms with Crippen molar-refractivity contribution in [2.75, 3.05) is 64.3 Å². The molecule has 1 aromatic heterocycles. The summed E-state index contributed by atoms with van der Waals surface area (Å²) in [6, 6.07) is 1.75. The first-order chi connectivity index (χ1) is 11.6. The van der Waals surface area contributed by atoms with E-state index in [1.165, 1.54) is 0 Å². The molecule has 3 amide bonds. The standard InChI is InChI=1S/C15H23N5O4/c1-12-10-14(24-17-12)16-13(21)11-18-2-4-19(5-3-18)15(22)20-6-8-23-9-7-20/h10H,2-9,11H2,1H3,(H,16,21). The van der Waals surface area contributed by atoms with E-state index in [9.17, 15) is 9.59 Å². The average molecular weight is 337 g/mol. The molecule has 2 aliphatic heterocycles. The third-order valence-electron chi connectivity index (χ3n) is 4.18. The smallest absolute Gasteiger partial charge is 0.320 e. The zero-order chi connectivity index (χ0) is 16.9. The number of amides is 3. The molecule has 0 aliphatic carbocycles. The molecule has 9 heteroatoms. The third kappa shape index (κ3) is 4.24. The summed E-state index contributed by atoms with van der Waals surface area (Å²) in [7, 11) is 0. The van der Waals surface area contributed by atoms with Crippen molar-refractivity contribution in [2.45, 2.75) is 6.92 Å². The quantitative estimate of drug-likeness (QED) is 0.834. The highest BCUT2D eigenvalue weighted by Gasteiger charge is 2.27. The van der Waals surface area contributed by atoms with E-state index in [2.05, 4.69) is 10.5 Å². The summed E-state index contributed by atoms with van der Waals surface area (Å²) in [5.74, 6) is 0.220. The molecule has 2 aliphatic rings. The molecule has 0 unspecified atom stereocenters. The van der Waals surface area contributed by atoms with Crippen LogP contribution in [0.5, 0.6) is 0 Å². The van der Waals surface area contributed by atoms with E-state index in [4.69, 9.17) is 9.26 Å². The minimum Gasteiger partial charge on any atom is -0.378 e. The average Bonchev–Trinajstić information content (AvgIpc) is 3.00. The van der Waals surface area contributed by atoms with Gasteiger partial charge in [0.25, 0.3) is 0 Å². The fraction of sp³-hybridized carbons (Fsp3) is 0.667. The number of hydrogen-bond donors (Lipinski definition) is 1. The number of carbonyl (C=O) groups excluding carboxylic acids is 2. The lowest BCUT2D eigenvalue weighted by atomic mass is 10.3. The third-order valence-corrected chi connectivity index (χ3v) is 4.18. The summed E-state index contributed by atoms with van der Waals surface area (Å²) >= 11 is 0. The molecule has 0 atom stereocenters. The van der Waals surface area contributed by atoms with Gasteiger partial charge in [-0.2, -0.15) is 0 Å². The molecule has 0 aromatic carbocycles. The van der Waals surface area contributed by atoms with Crippen molar-refractivity contribution in [1.29, 1.82) is 0 Å². The second-order valence-corrected chi connectivity index (χ2v) is 6.03. The largest absolute Gasteiger partial charge is 0.378 e. The van der Waals surface area contributed by atoms with E-state index in [0.29, 0.717) is 58.4 Å². The number of morpholine rings is 1. The molecule has 1 aromatic rings. The highest BCUT2D eigenvalue weighted by atomic mass is 16.5. The van der Waals surface area contributed by atoms with Crippen molar-refractivity contribution in [3.63, 3.8) is 0 Å². The summed E-state index contributed by atoms with van der Waals surface area (Å²) in [6.45, 7) is 7.20. The second kappa shape index (κ2) is 7.63. The first-order valence-corrected chi connectivity index (χ1v) is 8.19. The molecule has 1 N–H and O–H groups in total. The maximum atomic E-state index is 12.4. The molecule has 9 nitrogen and oxygen atoms in total. The SMILES string of the molecule is Cc1cc(NC(=O)CN2CCN(C(=O)N3CCOCC3)CC2)on1. The number of rotatable bonds is 3. The van der Waals surface area contributed by atoms with Crippen molar-refractivity contribution in [2.24, 2.45) is 0 Å². The number of nitrogens with zero attached hydrogens (tertiary/aromatic N) is 4. The number of carbonyl (C=O) groups is 2. The number of ether oxygens (including phenoxy) is 1. The summed E-state index contributed by atoms with van der Waals surface area (Å²) in [5.41, 5.74) is 0.723. The van der Waals surface area contributed by atoms with Crippen molar-refractivity contribution in [3.8, 4) is 0 Å². The zero-order valence-electron chi connectivity index (χ0n) is 13.9. The van der Waals surface area contributed by atoms with Gasteiger partial charge in [0.2, 0.25) is 11.8 Å². The number of anilines is 1. The van der Waals surface area contributed by atoms with Crippen LogP contribution in [-0.4, -0.2) is 90.8 Å². The Morgan fingerprint density at radius 1 is 1.12 bits per heavy atom. The van der Waals surface area contributed by atoms with E-state index in [1.807, 2.05) is 14.7 Å². The molecule has 0 saturated carbocycles. The molecule has 24 heavy (non-hydrogen) atoms. The maximum Gasteiger partial charge on any atom is 0.320 e. The lowest BCUT2D eigenvalue weighted by Gasteiger charge is -2.38. The molecular formula is C15H23N5O4. The van der Waals surface area contributed by atoms with Crippen LogP contribution in [0.25, 0.3) is 0 Å². The lowest BCUT2D eigenvalue weighted by Crippen LogP contribution is -2.55. The number of urea groups is 1. The molecule has 3 heterocycles. The number of nitrogens with one attached hydrogen (secondary N) is 1. The van der Waals surface area contributed by atoms with Gasteiger partial charge in [-0.1, -0.05) is 5.16 Å². The van der Waals surface area contributed by atoms with Crippen molar-refractivity contribution >= 4 is 17.8 Å². The molecular weight excluding hydrogens is 314 g/mol.